The minimum atomic E-state index is 0.403. The molecule has 3 rings (SSSR count). The van der Waals surface area contributed by atoms with Gasteiger partial charge in [0.2, 0.25) is 5.28 Å². The lowest BCUT2D eigenvalue weighted by atomic mass is 9.89. The van der Waals surface area contributed by atoms with Gasteiger partial charge < -0.3 is 4.74 Å². The molecule has 1 aromatic heterocycles. The van der Waals surface area contributed by atoms with Gasteiger partial charge in [0.25, 0.3) is 0 Å². The van der Waals surface area contributed by atoms with E-state index in [4.69, 9.17) is 16.3 Å². The van der Waals surface area contributed by atoms with Crippen LogP contribution >= 0.6 is 11.6 Å². The number of rotatable bonds is 4. The Balaban J connectivity index is 1.72. The van der Waals surface area contributed by atoms with E-state index in [1.807, 2.05) is 6.92 Å². The zero-order chi connectivity index (χ0) is 11.1. The predicted octanol–water partition coefficient (Wildman–Crippen LogP) is 2.55. The van der Waals surface area contributed by atoms with E-state index in [0.29, 0.717) is 23.3 Å². The van der Waals surface area contributed by atoms with Crippen molar-refractivity contribution in [1.29, 1.82) is 0 Å². The van der Waals surface area contributed by atoms with Crippen molar-refractivity contribution < 1.29 is 4.74 Å². The lowest BCUT2D eigenvalue weighted by molar-refractivity contribution is -0.0203. The summed E-state index contributed by atoms with van der Waals surface area (Å²) in [5, 5.41) is 8.72. The first-order valence-electron chi connectivity index (χ1n) is 6.01. The molecule has 0 aromatic carbocycles. The molecule has 1 aromatic rings. The SMILES string of the molecule is CCOC1CC(n2c(Cl)nnc2C2CC2)C1. The highest BCUT2D eigenvalue weighted by molar-refractivity contribution is 6.28. The van der Waals surface area contributed by atoms with Gasteiger partial charge in [-0.3, -0.25) is 4.57 Å². The number of aromatic nitrogens is 3. The maximum atomic E-state index is 6.10. The first-order chi connectivity index (χ1) is 7.79. The third-order valence-electron chi connectivity index (χ3n) is 3.46. The van der Waals surface area contributed by atoms with Gasteiger partial charge in [0.05, 0.1) is 6.10 Å². The lowest BCUT2D eigenvalue weighted by Gasteiger charge is -2.36. The summed E-state index contributed by atoms with van der Waals surface area (Å²) in [6, 6.07) is 0.453. The summed E-state index contributed by atoms with van der Waals surface area (Å²) in [6.45, 7) is 2.83. The summed E-state index contributed by atoms with van der Waals surface area (Å²) in [7, 11) is 0. The minimum Gasteiger partial charge on any atom is -0.378 e. The molecular weight excluding hydrogens is 226 g/mol. The van der Waals surface area contributed by atoms with Crippen LogP contribution in [0.3, 0.4) is 0 Å². The number of nitrogens with zero attached hydrogens (tertiary/aromatic N) is 3. The van der Waals surface area contributed by atoms with E-state index in [1.165, 1.54) is 12.8 Å². The van der Waals surface area contributed by atoms with Crippen LogP contribution in [0.1, 0.15) is 50.4 Å². The van der Waals surface area contributed by atoms with Gasteiger partial charge in [0, 0.05) is 18.6 Å². The highest BCUT2D eigenvalue weighted by Crippen LogP contribution is 2.44. The van der Waals surface area contributed by atoms with Crippen LogP contribution in [0.15, 0.2) is 0 Å². The maximum absolute atomic E-state index is 6.10. The van der Waals surface area contributed by atoms with Crippen LogP contribution < -0.4 is 0 Å². The monoisotopic (exact) mass is 241 g/mol. The summed E-state index contributed by atoms with van der Waals surface area (Å²) in [4.78, 5) is 0. The van der Waals surface area contributed by atoms with Crippen molar-refractivity contribution >= 4 is 11.6 Å². The highest BCUT2D eigenvalue weighted by Gasteiger charge is 2.37. The maximum Gasteiger partial charge on any atom is 0.225 e. The van der Waals surface area contributed by atoms with Crippen molar-refractivity contribution in [3.63, 3.8) is 0 Å². The highest BCUT2D eigenvalue weighted by atomic mass is 35.5. The molecule has 4 nitrogen and oxygen atoms in total. The van der Waals surface area contributed by atoms with E-state index in [9.17, 15) is 0 Å². The average molecular weight is 242 g/mol. The molecule has 0 unspecified atom stereocenters. The molecule has 2 fully saturated rings. The van der Waals surface area contributed by atoms with Crippen molar-refractivity contribution in [2.45, 2.75) is 50.7 Å². The molecule has 5 heteroatoms. The smallest absolute Gasteiger partial charge is 0.225 e. The van der Waals surface area contributed by atoms with Crippen molar-refractivity contribution in [1.82, 2.24) is 14.8 Å². The van der Waals surface area contributed by atoms with E-state index >= 15 is 0 Å². The molecule has 0 aliphatic heterocycles. The Morgan fingerprint density at radius 2 is 2.12 bits per heavy atom. The van der Waals surface area contributed by atoms with E-state index in [0.717, 1.165) is 25.3 Å². The molecule has 0 N–H and O–H groups in total. The normalized spacial score (nSPS) is 29.1. The first kappa shape index (κ1) is 10.5. The summed E-state index contributed by atoms with van der Waals surface area (Å²) in [6.07, 6.45) is 4.96. The van der Waals surface area contributed by atoms with Crippen LogP contribution in [0, 0.1) is 0 Å². The fourth-order valence-corrected chi connectivity index (χ4v) is 2.62. The number of halogens is 1. The third-order valence-corrected chi connectivity index (χ3v) is 3.72. The summed E-state index contributed by atoms with van der Waals surface area (Å²) in [5.41, 5.74) is 0. The number of hydrogen-bond acceptors (Lipinski definition) is 3. The Morgan fingerprint density at radius 3 is 2.75 bits per heavy atom. The van der Waals surface area contributed by atoms with Gasteiger partial charge in [-0.05, 0) is 44.2 Å². The third kappa shape index (κ3) is 1.74. The van der Waals surface area contributed by atoms with E-state index < -0.39 is 0 Å². The molecule has 0 amide bonds. The molecule has 88 valence electrons. The molecule has 0 radical (unpaired) electrons. The van der Waals surface area contributed by atoms with E-state index in [-0.39, 0.29) is 0 Å². The number of hydrogen-bond donors (Lipinski definition) is 0. The molecule has 0 saturated heterocycles. The van der Waals surface area contributed by atoms with Gasteiger partial charge >= 0.3 is 0 Å². The molecule has 0 spiro atoms. The van der Waals surface area contributed by atoms with Crippen LogP contribution in [-0.4, -0.2) is 27.5 Å². The fourth-order valence-electron chi connectivity index (χ4n) is 2.36. The zero-order valence-corrected chi connectivity index (χ0v) is 10.2. The Kier molecular flexibility index (Phi) is 2.64. The Bertz CT molecular complexity index is 383. The van der Waals surface area contributed by atoms with Crippen LogP contribution in [0.2, 0.25) is 5.28 Å². The second kappa shape index (κ2) is 4.00. The Hall–Kier alpha value is -0.610. The van der Waals surface area contributed by atoms with Gasteiger partial charge in [-0.1, -0.05) is 0 Å². The summed E-state index contributed by atoms with van der Waals surface area (Å²) < 4.78 is 7.68. The molecule has 2 saturated carbocycles. The summed E-state index contributed by atoms with van der Waals surface area (Å²) in [5.74, 6) is 1.69. The number of ether oxygens (including phenoxy) is 1. The topological polar surface area (TPSA) is 39.9 Å². The molecular formula is C11H16ClN3O. The standard InChI is InChI=1S/C11H16ClN3O/c1-2-16-9-5-8(6-9)15-10(7-3-4-7)13-14-11(15)12/h7-9H,2-6H2,1H3. The summed E-state index contributed by atoms with van der Waals surface area (Å²) >= 11 is 6.10. The second-order valence-electron chi connectivity index (χ2n) is 4.67. The predicted molar refractivity (Wildman–Crippen MR) is 60.7 cm³/mol. The van der Waals surface area contributed by atoms with Gasteiger partial charge in [-0.25, -0.2) is 0 Å². The van der Waals surface area contributed by atoms with E-state index in [2.05, 4.69) is 14.8 Å². The van der Waals surface area contributed by atoms with Gasteiger partial charge in [0.1, 0.15) is 5.82 Å². The molecule has 0 atom stereocenters. The van der Waals surface area contributed by atoms with Crippen molar-refractivity contribution in [2.75, 3.05) is 6.61 Å². The van der Waals surface area contributed by atoms with Gasteiger partial charge in [-0.2, -0.15) is 0 Å². The molecule has 0 bridgehead atoms. The van der Waals surface area contributed by atoms with Gasteiger partial charge in [0.15, 0.2) is 0 Å². The largest absolute Gasteiger partial charge is 0.378 e. The van der Waals surface area contributed by atoms with Crippen LogP contribution in [-0.2, 0) is 4.74 Å². The van der Waals surface area contributed by atoms with Crippen molar-refractivity contribution in [2.24, 2.45) is 0 Å². The first-order valence-corrected chi connectivity index (χ1v) is 6.39. The van der Waals surface area contributed by atoms with Gasteiger partial charge in [-0.15, -0.1) is 10.2 Å². The van der Waals surface area contributed by atoms with Crippen LogP contribution in [0.4, 0.5) is 0 Å². The van der Waals surface area contributed by atoms with Crippen molar-refractivity contribution in [3.8, 4) is 0 Å². The Morgan fingerprint density at radius 1 is 1.38 bits per heavy atom. The zero-order valence-electron chi connectivity index (χ0n) is 9.40. The minimum absolute atomic E-state index is 0.403. The quantitative estimate of drug-likeness (QED) is 0.813. The second-order valence-corrected chi connectivity index (χ2v) is 5.01. The van der Waals surface area contributed by atoms with Crippen molar-refractivity contribution in [3.05, 3.63) is 11.1 Å². The Labute approximate surface area is 99.9 Å². The molecule has 1 heterocycles. The van der Waals surface area contributed by atoms with Crippen LogP contribution in [0.25, 0.3) is 0 Å². The average Bonchev–Trinajstić information content (AvgIpc) is 2.98. The fraction of sp³-hybridized carbons (Fsp3) is 0.818. The molecule has 16 heavy (non-hydrogen) atoms. The van der Waals surface area contributed by atoms with E-state index in [1.54, 1.807) is 0 Å². The molecule has 2 aliphatic rings. The molecule has 2 aliphatic carbocycles. The van der Waals surface area contributed by atoms with Crippen LogP contribution in [0.5, 0.6) is 0 Å². The lowest BCUT2D eigenvalue weighted by Crippen LogP contribution is -2.34.